The molecule has 0 aliphatic carbocycles. The summed E-state index contributed by atoms with van der Waals surface area (Å²) < 4.78 is 5.55. The number of anilines is 5. The van der Waals surface area contributed by atoms with Crippen molar-refractivity contribution in [2.24, 2.45) is 0 Å². The highest BCUT2D eigenvalue weighted by molar-refractivity contribution is 5.95. The van der Waals surface area contributed by atoms with Crippen molar-refractivity contribution in [3.63, 3.8) is 0 Å². The number of carbonyl (C=O) groups excluding carboxylic acids is 2. The zero-order chi connectivity index (χ0) is 29.9. The van der Waals surface area contributed by atoms with Crippen LogP contribution in [0, 0.1) is 0 Å². The second kappa shape index (κ2) is 12.0. The average molecular weight is 568 g/mol. The molecule has 5 rings (SSSR count). The van der Waals surface area contributed by atoms with Gasteiger partial charge in [-0.2, -0.15) is 0 Å². The van der Waals surface area contributed by atoms with Crippen LogP contribution in [0.1, 0.15) is 27.7 Å². The van der Waals surface area contributed by atoms with Crippen molar-refractivity contribution in [1.82, 2.24) is 14.9 Å². The largest absolute Gasteiger partial charge is 0.444 e. The van der Waals surface area contributed by atoms with E-state index in [1.165, 1.54) is 6.92 Å². The number of hydrogen-bond donors (Lipinski definition) is 3. The molecular formula is C32H37N7O3. The van der Waals surface area contributed by atoms with Crippen LogP contribution in [0.25, 0.3) is 22.0 Å². The fourth-order valence-corrected chi connectivity index (χ4v) is 4.87. The van der Waals surface area contributed by atoms with Crippen LogP contribution >= 0.6 is 0 Å². The summed E-state index contributed by atoms with van der Waals surface area (Å²) in [7, 11) is 2.11. The Morgan fingerprint density at radius 2 is 1.62 bits per heavy atom. The number of nitrogens with zero attached hydrogens (tertiary/aromatic N) is 4. The number of nitrogens with one attached hydrogen (secondary N) is 3. The van der Waals surface area contributed by atoms with E-state index >= 15 is 0 Å². The Balaban J connectivity index is 1.44. The summed E-state index contributed by atoms with van der Waals surface area (Å²) in [5.74, 6) is 0.317. The lowest BCUT2D eigenvalue weighted by molar-refractivity contribution is -0.114. The number of amides is 2. The molecule has 0 spiro atoms. The van der Waals surface area contributed by atoms with E-state index in [9.17, 15) is 9.59 Å². The smallest absolute Gasteiger partial charge is 0.412 e. The Bertz CT molecular complexity index is 1590. The van der Waals surface area contributed by atoms with Gasteiger partial charge in [0.25, 0.3) is 0 Å². The number of rotatable bonds is 6. The molecule has 10 nitrogen and oxygen atoms in total. The van der Waals surface area contributed by atoms with Gasteiger partial charge in [0.15, 0.2) is 0 Å². The number of benzene rings is 3. The average Bonchev–Trinajstić information content (AvgIpc) is 2.93. The molecule has 2 heterocycles. The van der Waals surface area contributed by atoms with E-state index in [1.54, 1.807) is 6.20 Å². The third kappa shape index (κ3) is 7.13. The summed E-state index contributed by atoms with van der Waals surface area (Å²) in [6.45, 7) is 10.6. The molecule has 4 aromatic rings. The van der Waals surface area contributed by atoms with Gasteiger partial charge in [0.05, 0.1) is 16.9 Å². The lowest BCUT2D eigenvalue weighted by atomic mass is 10.0. The highest BCUT2D eigenvalue weighted by Gasteiger charge is 2.21. The lowest BCUT2D eigenvalue weighted by Crippen LogP contribution is -2.44. The topological polar surface area (TPSA) is 112 Å². The van der Waals surface area contributed by atoms with Crippen LogP contribution in [0.3, 0.4) is 0 Å². The van der Waals surface area contributed by atoms with Gasteiger partial charge < -0.3 is 25.2 Å². The van der Waals surface area contributed by atoms with Crippen molar-refractivity contribution in [2.75, 3.05) is 54.1 Å². The number of ether oxygens (including phenoxy) is 1. The van der Waals surface area contributed by atoms with Gasteiger partial charge in [-0.05, 0) is 63.7 Å². The molecule has 42 heavy (non-hydrogen) atoms. The molecule has 2 amide bonds. The minimum absolute atomic E-state index is 0.114. The number of carbonyl (C=O) groups is 2. The van der Waals surface area contributed by atoms with E-state index in [0.29, 0.717) is 11.6 Å². The normalized spacial score (nSPS) is 14.0. The second-order valence-corrected chi connectivity index (χ2v) is 11.5. The number of para-hydroxylation sites is 1. The summed E-state index contributed by atoms with van der Waals surface area (Å²) in [6.07, 6.45) is 1.28. The van der Waals surface area contributed by atoms with Gasteiger partial charge in [-0.3, -0.25) is 10.1 Å². The van der Waals surface area contributed by atoms with Gasteiger partial charge in [-0.15, -0.1) is 0 Å². The van der Waals surface area contributed by atoms with E-state index in [-0.39, 0.29) is 5.91 Å². The van der Waals surface area contributed by atoms with Crippen LogP contribution in [-0.2, 0) is 9.53 Å². The molecule has 1 aliphatic heterocycles. The van der Waals surface area contributed by atoms with Crippen molar-refractivity contribution in [2.45, 2.75) is 33.3 Å². The second-order valence-electron chi connectivity index (χ2n) is 11.5. The molecule has 0 radical (unpaired) electrons. The maximum Gasteiger partial charge on any atom is 0.412 e. The zero-order valence-electron chi connectivity index (χ0n) is 24.7. The maximum atomic E-state index is 12.8. The molecule has 0 saturated carbocycles. The van der Waals surface area contributed by atoms with Gasteiger partial charge in [0, 0.05) is 61.6 Å². The van der Waals surface area contributed by atoms with E-state index in [1.807, 2.05) is 81.4 Å². The number of likely N-dealkylation sites (N-methyl/N-ethyl adjacent to an activating group) is 1. The van der Waals surface area contributed by atoms with Crippen molar-refractivity contribution in [3.8, 4) is 11.1 Å². The molecule has 218 valence electrons. The molecule has 1 fully saturated rings. The van der Waals surface area contributed by atoms with Crippen LogP contribution in [0.4, 0.5) is 33.5 Å². The molecule has 3 N–H and O–H groups in total. The summed E-state index contributed by atoms with van der Waals surface area (Å²) >= 11 is 0. The first-order chi connectivity index (χ1) is 20.0. The molecule has 0 atom stereocenters. The third-order valence-electron chi connectivity index (χ3n) is 6.86. The zero-order valence-corrected chi connectivity index (χ0v) is 24.7. The monoisotopic (exact) mass is 567 g/mol. The van der Waals surface area contributed by atoms with E-state index in [0.717, 1.165) is 65.3 Å². The molecule has 0 bridgehead atoms. The molecule has 1 saturated heterocycles. The Morgan fingerprint density at radius 1 is 0.905 bits per heavy atom. The molecule has 1 aromatic heterocycles. The minimum Gasteiger partial charge on any atom is -0.444 e. The van der Waals surface area contributed by atoms with Gasteiger partial charge in [-0.1, -0.05) is 30.3 Å². The van der Waals surface area contributed by atoms with Crippen LogP contribution in [0.5, 0.6) is 0 Å². The van der Waals surface area contributed by atoms with E-state index < -0.39 is 11.7 Å². The third-order valence-corrected chi connectivity index (χ3v) is 6.86. The highest BCUT2D eigenvalue weighted by atomic mass is 16.6. The predicted octanol–water partition coefficient (Wildman–Crippen LogP) is 6.10. The van der Waals surface area contributed by atoms with Gasteiger partial charge in [0.1, 0.15) is 5.60 Å². The first kappa shape index (κ1) is 28.8. The van der Waals surface area contributed by atoms with Gasteiger partial charge in [0.2, 0.25) is 11.9 Å². The highest BCUT2D eigenvalue weighted by Crippen LogP contribution is 2.33. The van der Waals surface area contributed by atoms with Crippen LogP contribution < -0.4 is 20.9 Å². The van der Waals surface area contributed by atoms with Gasteiger partial charge >= 0.3 is 6.09 Å². The number of fused-ring (bicyclic) bond motifs is 1. The summed E-state index contributed by atoms with van der Waals surface area (Å²) in [6, 6.07) is 19.5. The van der Waals surface area contributed by atoms with E-state index in [4.69, 9.17) is 9.72 Å². The maximum absolute atomic E-state index is 12.8. The number of piperazine rings is 1. The molecule has 1 aliphatic rings. The van der Waals surface area contributed by atoms with Gasteiger partial charge in [-0.25, -0.2) is 14.8 Å². The summed E-state index contributed by atoms with van der Waals surface area (Å²) in [5, 5.41) is 9.97. The molecular weight excluding hydrogens is 530 g/mol. The summed E-state index contributed by atoms with van der Waals surface area (Å²) in [5.41, 5.74) is 5.15. The number of hydrogen-bond acceptors (Lipinski definition) is 8. The Morgan fingerprint density at radius 3 is 2.31 bits per heavy atom. The Kier molecular flexibility index (Phi) is 8.26. The van der Waals surface area contributed by atoms with Crippen molar-refractivity contribution < 1.29 is 14.3 Å². The fraction of sp³-hybridized carbons (Fsp3) is 0.312. The Hall–Kier alpha value is -4.70. The van der Waals surface area contributed by atoms with Crippen LogP contribution in [0.15, 0.2) is 66.9 Å². The molecule has 0 unspecified atom stereocenters. The lowest BCUT2D eigenvalue weighted by Gasteiger charge is -2.35. The minimum atomic E-state index is -0.616. The molecule has 3 aromatic carbocycles. The number of aromatic nitrogens is 2. The SMILES string of the molecule is CC(=O)Nc1ccc(-c2cccc3cnc(Nc4ccc(N5CCN(C)CC5)c(NC(=O)OC(C)(C)C)c4)nc23)cc1. The first-order valence-corrected chi connectivity index (χ1v) is 14.0. The Labute approximate surface area is 246 Å². The molecule has 10 heteroatoms. The van der Waals surface area contributed by atoms with Crippen molar-refractivity contribution in [1.29, 1.82) is 0 Å². The fourth-order valence-electron chi connectivity index (χ4n) is 4.87. The van der Waals surface area contributed by atoms with Crippen LogP contribution in [-0.4, -0.2) is 65.7 Å². The first-order valence-electron chi connectivity index (χ1n) is 14.0. The summed E-state index contributed by atoms with van der Waals surface area (Å²) in [4.78, 5) is 38.1. The van der Waals surface area contributed by atoms with Crippen molar-refractivity contribution >= 4 is 51.6 Å². The van der Waals surface area contributed by atoms with Crippen LogP contribution in [0.2, 0.25) is 0 Å². The van der Waals surface area contributed by atoms with Crippen molar-refractivity contribution in [3.05, 3.63) is 66.9 Å². The predicted molar refractivity (Wildman–Crippen MR) is 169 cm³/mol. The van der Waals surface area contributed by atoms with E-state index in [2.05, 4.69) is 37.8 Å². The quantitative estimate of drug-likeness (QED) is 0.256. The standard InChI is InChI=1S/C32H37N7O3/c1-21(40)34-24-11-9-22(10-12-24)26-8-6-7-23-20-33-30(37-29(23)26)35-25-13-14-28(39-17-15-38(5)16-18-39)27(19-25)36-31(41)42-32(2,3)4/h6-14,19-20H,15-18H2,1-5H3,(H,34,40)(H,36,41)(H,33,35,37).